The molecule has 0 bridgehead atoms. The van der Waals surface area contributed by atoms with Crippen molar-refractivity contribution in [2.45, 2.75) is 12.0 Å². The van der Waals surface area contributed by atoms with E-state index in [0.29, 0.717) is 11.1 Å². The molecule has 1 aliphatic carbocycles. The van der Waals surface area contributed by atoms with Crippen LogP contribution in [0.25, 0.3) is 0 Å². The lowest BCUT2D eigenvalue weighted by molar-refractivity contribution is -0.148. The zero-order valence-corrected chi connectivity index (χ0v) is 10.6. The fourth-order valence-electron chi connectivity index (χ4n) is 2.27. The van der Waals surface area contributed by atoms with Crippen LogP contribution >= 0.6 is 0 Å². The van der Waals surface area contributed by atoms with Crippen LogP contribution in [0.15, 0.2) is 24.3 Å². The summed E-state index contributed by atoms with van der Waals surface area (Å²) in [4.78, 5) is 35.5. The van der Waals surface area contributed by atoms with E-state index >= 15 is 0 Å². The Balaban J connectivity index is 2.55. The number of rotatable bonds is 2. The van der Waals surface area contributed by atoms with Gasteiger partial charge in [0, 0.05) is 17.5 Å². The van der Waals surface area contributed by atoms with Gasteiger partial charge in [0.15, 0.2) is 11.3 Å². The Morgan fingerprint density at radius 3 is 2.53 bits per heavy atom. The minimum atomic E-state index is -1.50. The highest BCUT2D eigenvalue weighted by atomic mass is 16.5. The van der Waals surface area contributed by atoms with Crippen molar-refractivity contribution in [3.63, 3.8) is 0 Å². The first-order valence-electron chi connectivity index (χ1n) is 5.62. The minimum absolute atomic E-state index is 0.173. The molecule has 1 aliphatic rings. The summed E-state index contributed by atoms with van der Waals surface area (Å²) in [6.07, 6.45) is -0.969. The number of Topliss-reactive ketones (excluding diaryl/α,β-unsaturated/α-hetero) is 1. The van der Waals surface area contributed by atoms with Crippen LogP contribution < -0.4 is 5.32 Å². The van der Waals surface area contributed by atoms with Gasteiger partial charge in [-0.25, -0.2) is 9.59 Å². The number of amides is 1. The van der Waals surface area contributed by atoms with Crippen molar-refractivity contribution in [2.24, 2.45) is 0 Å². The smallest absolute Gasteiger partial charge is 0.408 e. The van der Waals surface area contributed by atoms with E-state index in [-0.39, 0.29) is 12.2 Å². The fraction of sp³-hybridized carbons (Fsp3) is 0.308. The number of ether oxygens (including phenoxy) is 2. The van der Waals surface area contributed by atoms with Crippen LogP contribution in [0.4, 0.5) is 4.79 Å². The standard InChI is InChI=1S/C13H13NO5/c1-18-11(16)13(14-12(17)19-2)7-10(15)8-5-3-4-6-9(8)13/h3-6H,7H2,1-2H3,(H,14,17)/t13-/m0/s1. The number of fused-ring (bicyclic) bond motifs is 1. The molecule has 0 fully saturated rings. The van der Waals surface area contributed by atoms with Crippen LogP contribution in [-0.2, 0) is 19.8 Å². The zero-order valence-electron chi connectivity index (χ0n) is 10.6. The molecule has 6 heteroatoms. The molecule has 0 aliphatic heterocycles. The SMILES string of the molecule is COC(=O)N[C@@]1(C(=O)OC)CC(=O)c2ccccc21. The largest absolute Gasteiger partial charge is 0.467 e. The number of hydrogen-bond donors (Lipinski definition) is 1. The number of carbonyl (C=O) groups excluding carboxylic acids is 3. The number of ketones is 1. The van der Waals surface area contributed by atoms with E-state index in [2.05, 4.69) is 10.1 Å². The molecule has 100 valence electrons. The molecule has 6 nitrogen and oxygen atoms in total. The highest BCUT2D eigenvalue weighted by Crippen LogP contribution is 2.37. The molecule has 0 heterocycles. The molecule has 1 atom stereocenters. The molecule has 0 unspecified atom stereocenters. The first-order valence-corrected chi connectivity index (χ1v) is 5.62. The molecule has 19 heavy (non-hydrogen) atoms. The molecule has 1 aromatic rings. The fourth-order valence-corrected chi connectivity index (χ4v) is 2.27. The van der Waals surface area contributed by atoms with Gasteiger partial charge in [0.25, 0.3) is 0 Å². The molecule has 0 aromatic heterocycles. The van der Waals surface area contributed by atoms with Crippen molar-refractivity contribution < 1.29 is 23.9 Å². The second-order valence-corrected chi connectivity index (χ2v) is 4.16. The molecular formula is C13H13NO5. The van der Waals surface area contributed by atoms with Gasteiger partial charge < -0.3 is 14.8 Å². The van der Waals surface area contributed by atoms with Gasteiger partial charge in [-0.1, -0.05) is 24.3 Å². The van der Waals surface area contributed by atoms with E-state index in [1.165, 1.54) is 14.2 Å². The monoisotopic (exact) mass is 263 g/mol. The maximum atomic E-state index is 12.1. The lowest BCUT2D eigenvalue weighted by Gasteiger charge is -2.27. The van der Waals surface area contributed by atoms with Crippen LogP contribution in [0, 0.1) is 0 Å². The zero-order chi connectivity index (χ0) is 14.0. The van der Waals surface area contributed by atoms with Crippen LogP contribution in [-0.4, -0.2) is 32.1 Å². The molecule has 1 N–H and O–H groups in total. The number of carbonyl (C=O) groups is 3. The van der Waals surface area contributed by atoms with Crippen molar-refractivity contribution in [1.29, 1.82) is 0 Å². The highest BCUT2D eigenvalue weighted by molar-refractivity contribution is 6.08. The summed E-state index contributed by atoms with van der Waals surface area (Å²) < 4.78 is 9.24. The summed E-state index contributed by atoms with van der Waals surface area (Å²) in [5.74, 6) is -0.923. The van der Waals surface area contributed by atoms with Crippen molar-refractivity contribution in [3.05, 3.63) is 35.4 Å². The van der Waals surface area contributed by atoms with Crippen molar-refractivity contribution in [3.8, 4) is 0 Å². The van der Waals surface area contributed by atoms with E-state index in [4.69, 9.17) is 4.74 Å². The predicted molar refractivity (Wildman–Crippen MR) is 64.6 cm³/mol. The maximum Gasteiger partial charge on any atom is 0.408 e. The van der Waals surface area contributed by atoms with Gasteiger partial charge in [0.1, 0.15) is 0 Å². The van der Waals surface area contributed by atoms with Gasteiger partial charge in [-0.2, -0.15) is 0 Å². The topological polar surface area (TPSA) is 81.7 Å². The van der Waals surface area contributed by atoms with Gasteiger partial charge in [-0.15, -0.1) is 0 Å². The molecule has 0 saturated carbocycles. The Hall–Kier alpha value is -2.37. The molecule has 1 aromatic carbocycles. The third-order valence-electron chi connectivity index (χ3n) is 3.15. The number of nitrogens with one attached hydrogen (secondary N) is 1. The van der Waals surface area contributed by atoms with Crippen molar-refractivity contribution in [1.82, 2.24) is 5.32 Å². The lowest BCUT2D eigenvalue weighted by Crippen LogP contribution is -2.51. The average Bonchev–Trinajstić information content (AvgIpc) is 2.72. The van der Waals surface area contributed by atoms with Gasteiger partial charge in [-0.05, 0) is 0 Å². The van der Waals surface area contributed by atoms with Crippen LogP contribution in [0.5, 0.6) is 0 Å². The molecule has 0 spiro atoms. The van der Waals surface area contributed by atoms with Crippen LogP contribution in [0.1, 0.15) is 22.3 Å². The van der Waals surface area contributed by atoms with E-state index in [1.807, 2.05) is 0 Å². The Morgan fingerprint density at radius 1 is 1.21 bits per heavy atom. The number of benzene rings is 1. The minimum Gasteiger partial charge on any atom is -0.467 e. The Bertz CT molecular complexity index is 554. The van der Waals surface area contributed by atoms with Gasteiger partial charge in [-0.3, -0.25) is 4.79 Å². The third-order valence-corrected chi connectivity index (χ3v) is 3.15. The summed E-state index contributed by atoms with van der Waals surface area (Å²) in [6.45, 7) is 0. The number of alkyl carbamates (subject to hydrolysis) is 1. The van der Waals surface area contributed by atoms with Crippen LogP contribution in [0.2, 0.25) is 0 Å². The molecule has 1 amide bonds. The van der Waals surface area contributed by atoms with Crippen molar-refractivity contribution in [2.75, 3.05) is 14.2 Å². The van der Waals surface area contributed by atoms with Crippen molar-refractivity contribution >= 4 is 17.8 Å². The summed E-state index contributed by atoms with van der Waals surface area (Å²) in [5.41, 5.74) is -0.670. The molecular weight excluding hydrogens is 250 g/mol. The highest BCUT2D eigenvalue weighted by Gasteiger charge is 2.51. The van der Waals surface area contributed by atoms with Gasteiger partial charge >= 0.3 is 12.1 Å². The quantitative estimate of drug-likeness (QED) is 0.805. The first-order chi connectivity index (χ1) is 9.05. The lowest BCUT2D eigenvalue weighted by atomic mass is 9.92. The maximum absolute atomic E-state index is 12.1. The van der Waals surface area contributed by atoms with Gasteiger partial charge in [0.2, 0.25) is 0 Å². The summed E-state index contributed by atoms with van der Waals surface area (Å²) in [5, 5.41) is 2.42. The normalized spacial score (nSPS) is 20.6. The molecule has 0 radical (unpaired) electrons. The molecule has 0 saturated heterocycles. The van der Waals surface area contributed by atoms with E-state index in [1.54, 1.807) is 24.3 Å². The number of hydrogen-bond acceptors (Lipinski definition) is 5. The Kier molecular flexibility index (Phi) is 3.25. The van der Waals surface area contributed by atoms with Gasteiger partial charge in [0.05, 0.1) is 14.2 Å². The molecule has 2 rings (SSSR count). The third kappa shape index (κ3) is 1.95. The summed E-state index contributed by atoms with van der Waals surface area (Å²) in [6, 6.07) is 6.62. The first kappa shape index (κ1) is 13.1. The second kappa shape index (κ2) is 4.72. The Labute approximate surface area is 109 Å². The number of methoxy groups -OCH3 is 2. The van der Waals surface area contributed by atoms with E-state index in [9.17, 15) is 14.4 Å². The second-order valence-electron chi connectivity index (χ2n) is 4.16. The summed E-state index contributed by atoms with van der Waals surface area (Å²) in [7, 11) is 2.39. The predicted octanol–water partition coefficient (Wildman–Crippen LogP) is 0.997. The van der Waals surface area contributed by atoms with E-state index in [0.717, 1.165) is 0 Å². The number of esters is 1. The van der Waals surface area contributed by atoms with Crippen LogP contribution in [0.3, 0.4) is 0 Å². The Morgan fingerprint density at radius 2 is 1.89 bits per heavy atom. The van der Waals surface area contributed by atoms with E-state index < -0.39 is 17.6 Å². The average molecular weight is 263 g/mol. The summed E-state index contributed by atoms with van der Waals surface area (Å²) >= 11 is 0.